The molecular weight excluding hydrogens is 348 g/mol. The van der Waals surface area contributed by atoms with Gasteiger partial charge in [0.2, 0.25) is 0 Å². The van der Waals surface area contributed by atoms with Crippen LogP contribution in [0.5, 0.6) is 0 Å². The summed E-state index contributed by atoms with van der Waals surface area (Å²) in [5.74, 6) is 6.56. The van der Waals surface area contributed by atoms with Crippen LogP contribution in [0.1, 0.15) is 72.1 Å². The van der Waals surface area contributed by atoms with E-state index in [0.717, 1.165) is 41.9 Å². The molecule has 5 nitrogen and oxygen atoms in total. The quantitative estimate of drug-likeness (QED) is 0.775. The van der Waals surface area contributed by atoms with Gasteiger partial charge in [-0.1, -0.05) is 27.2 Å². The summed E-state index contributed by atoms with van der Waals surface area (Å²) in [6.45, 7) is 7.63. The maximum atomic E-state index is 13.2. The number of rotatable bonds is 3. The Kier molecular flexibility index (Phi) is 4.63. The number of hydrogen-bond acceptors (Lipinski definition) is 4. The lowest BCUT2D eigenvalue weighted by atomic mass is 9.48. The van der Waals surface area contributed by atoms with Crippen LogP contribution in [0, 0.1) is 52.8 Å². The molecule has 4 saturated carbocycles. The Labute approximate surface area is 169 Å². The number of fused-ring (bicyclic) bond motifs is 5. The Hall–Kier alpha value is -1.26. The summed E-state index contributed by atoms with van der Waals surface area (Å²) in [6, 6.07) is 0. The monoisotopic (exact) mass is 384 g/mol. The number of carbonyl (C=O) groups is 1. The summed E-state index contributed by atoms with van der Waals surface area (Å²) < 4.78 is 0. The average Bonchev–Trinajstić information content (AvgIpc) is 3.27. The fourth-order valence-electron chi connectivity index (χ4n) is 8.64. The van der Waals surface area contributed by atoms with E-state index >= 15 is 0 Å². The lowest BCUT2D eigenvalue weighted by molar-refractivity contribution is -0.131. The van der Waals surface area contributed by atoms with Crippen LogP contribution in [0.3, 0.4) is 0 Å². The molecule has 1 aromatic heterocycles. The maximum Gasteiger partial charge on any atom is 0.162 e. The van der Waals surface area contributed by atoms with Crippen LogP contribution >= 0.6 is 0 Å². The lowest BCUT2D eigenvalue weighted by Gasteiger charge is -2.56. The predicted molar refractivity (Wildman–Crippen MR) is 107 cm³/mol. The normalized spacial score (nSPS) is 47.8. The molecule has 1 heterocycles. The highest BCUT2D eigenvalue weighted by atomic mass is 16.1. The molecule has 28 heavy (non-hydrogen) atoms. The molecule has 0 aliphatic heterocycles. The number of tetrazole rings is 1. The minimum Gasteiger partial charge on any atom is -0.297 e. The molecule has 0 radical (unpaired) electrons. The highest BCUT2D eigenvalue weighted by Gasteiger charge is 2.60. The Morgan fingerprint density at radius 3 is 2.68 bits per heavy atom. The Morgan fingerprint density at radius 1 is 1.07 bits per heavy atom. The standard InChI is InChI=1S/C23H36N4O/c1-14-4-6-17-16(10-14)5-7-19-18(17)8-9-23(3)20(11-15(2)22(19)23)21(28)12-27-25-13-24-26-27/h13-20,22H,4-12H2,1-3H3. The number of aromatic nitrogens is 4. The lowest BCUT2D eigenvalue weighted by Crippen LogP contribution is -2.50. The topological polar surface area (TPSA) is 60.7 Å². The molecule has 0 spiro atoms. The summed E-state index contributed by atoms with van der Waals surface area (Å²) >= 11 is 0. The van der Waals surface area contributed by atoms with Crippen molar-refractivity contribution in [1.82, 2.24) is 20.2 Å². The van der Waals surface area contributed by atoms with Crippen molar-refractivity contribution in [1.29, 1.82) is 0 Å². The molecule has 5 rings (SSSR count). The molecule has 0 N–H and O–H groups in total. The van der Waals surface area contributed by atoms with Gasteiger partial charge >= 0.3 is 0 Å². The zero-order chi connectivity index (χ0) is 19.5. The van der Waals surface area contributed by atoms with E-state index in [9.17, 15) is 4.79 Å². The van der Waals surface area contributed by atoms with Gasteiger partial charge in [-0.25, -0.2) is 0 Å². The van der Waals surface area contributed by atoms with Gasteiger partial charge in [0.15, 0.2) is 12.1 Å². The van der Waals surface area contributed by atoms with Crippen molar-refractivity contribution >= 4 is 5.78 Å². The van der Waals surface area contributed by atoms with Gasteiger partial charge in [-0.15, -0.1) is 10.2 Å². The molecule has 1 aromatic rings. The zero-order valence-corrected chi connectivity index (χ0v) is 17.8. The Bertz CT molecular complexity index is 718. The van der Waals surface area contributed by atoms with Crippen LogP contribution in [0.25, 0.3) is 0 Å². The van der Waals surface area contributed by atoms with E-state index < -0.39 is 0 Å². The minimum absolute atomic E-state index is 0.170. The largest absolute Gasteiger partial charge is 0.297 e. The number of Topliss-reactive ketones (excluding diaryl/α,β-unsaturated/α-hetero) is 1. The molecule has 4 aliphatic carbocycles. The average molecular weight is 385 g/mol. The first kappa shape index (κ1) is 18.7. The molecule has 5 heteroatoms. The molecule has 4 aliphatic rings. The van der Waals surface area contributed by atoms with Gasteiger partial charge in [0, 0.05) is 5.92 Å². The maximum absolute atomic E-state index is 13.2. The smallest absolute Gasteiger partial charge is 0.162 e. The summed E-state index contributed by atoms with van der Waals surface area (Å²) in [5, 5.41) is 11.8. The van der Waals surface area contributed by atoms with Gasteiger partial charge < -0.3 is 0 Å². The molecule has 9 atom stereocenters. The third-order valence-electron chi connectivity index (χ3n) is 9.61. The van der Waals surface area contributed by atoms with E-state index in [0.29, 0.717) is 11.7 Å². The predicted octanol–water partition coefficient (Wildman–Crippen LogP) is 4.39. The van der Waals surface area contributed by atoms with Crippen molar-refractivity contribution in [2.24, 2.45) is 52.8 Å². The van der Waals surface area contributed by atoms with Crippen molar-refractivity contribution in [2.75, 3.05) is 0 Å². The third-order valence-corrected chi connectivity index (χ3v) is 9.61. The SMILES string of the molecule is CC1CCC2C(CCC3C2CCC2(C)C(C(=O)Cn4ncnn4)CC(C)C32)C1. The molecule has 0 bridgehead atoms. The van der Waals surface area contributed by atoms with Crippen molar-refractivity contribution in [3.05, 3.63) is 6.33 Å². The first-order valence-corrected chi connectivity index (χ1v) is 11.7. The first-order valence-electron chi connectivity index (χ1n) is 11.7. The van der Waals surface area contributed by atoms with Gasteiger partial charge in [-0.2, -0.15) is 4.80 Å². The van der Waals surface area contributed by atoms with Crippen molar-refractivity contribution in [2.45, 2.75) is 78.7 Å². The van der Waals surface area contributed by atoms with E-state index in [1.807, 2.05) is 0 Å². The van der Waals surface area contributed by atoms with Crippen LogP contribution in [0.4, 0.5) is 0 Å². The second-order valence-electron chi connectivity index (χ2n) is 11.0. The van der Waals surface area contributed by atoms with Gasteiger partial charge in [0.25, 0.3) is 0 Å². The van der Waals surface area contributed by atoms with E-state index in [1.54, 1.807) is 0 Å². The summed E-state index contributed by atoms with van der Waals surface area (Å²) in [5.41, 5.74) is 0.174. The molecule has 0 saturated heterocycles. The van der Waals surface area contributed by atoms with E-state index in [-0.39, 0.29) is 17.9 Å². The first-order chi connectivity index (χ1) is 13.5. The van der Waals surface area contributed by atoms with E-state index in [1.165, 1.54) is 56.1 Å². The fraction of sp³-hybridized carbons (Fsp3) is 0.913. The van der Waals surface area contributed by atoms with Crippen molar-refractivity contribution in [3.8, 4) is 0 Å². The molecule has 0 amide bonds. The summed E-state index contributed by atoms with van der Waals surface area (Å²) in [7, 11) is 0. The van der Waals surface area contributed by atoms with Gasteiger partial charge in [-0.3, -0.25) is 4.79 Å². The van der Waals surface area contributed by atoms with E-state index in [2.05, 4.69) is 36.2 Å². The minimum atomic E-state index is 0.170. The zero-order valence-electron chi connectivity index (χ0n) is 17.8. The number of nitrogens with zero attached hydrogens (tertiary/aromatic N) is 4. The number of ketones is 1. The van der Waals surface area contributed by atoms with Gasteiger partial charge in [0.05, 0.1) is 0 Å². The van der Waals surface area contributed by atoms with Crippen LogP contribution < -0.4 is 0 Å². The molecule has 9 unspecified atom stereocenters. The highest BCUT2D eigenvalue weighted by molar-refractivity contribution is 5.82. The van der Waals surface area contributed by atoms with Crippen LogP contribution in [-0.2, 0) is 11.3 Å². The third kappa shape index (κ3) is 2.87. The number of carbonyl (C=O) groups excluding carboxylic acids is 1. The fourth-order valence-corrected chi connectivity index (χ4v) is 8.64. The van der Waals surface area contributed by atoms with Gasteiger partial charge in [-0.05, 0) is 97.0 Å². The van der Waals surface area contributed by atoms with Crippen LogP contribution in [0.15, 0.2) is 6.33 Å². The molecule has 154 valence electrons. The highest BCUT2D eigenvalue weighted by Crippen LogP contribution is 2.66. The molecule has 4 fully saturated rings. The van der Waals surface area contributed by atoms with Crippen molar-refractivity contribution in [3.63, 3.8) is 0 Å². The number of hydrogen-bond donors (Lipinski definition) is 0. The second-order valence-corrected chi connectivity index (χ2v) is 11.0. The Balaban J connectivity index is 1.37. The van der Waals surface area contributed by atoms with Crippen molar-refractivity contribution < 1.29 is 4.79 Å². The second kappa shape index (κ2) is 6.91. The van der Waals surface area contributed by atoms with Crippen LogP contribution in [-0.4, -0.2) is 26.0 Å². The summed E-state index contributed by atoms with van der Waals surface area (Å²) in [6.07, 6.45) is 12.3. The van der Waals surface area contributed by atoms with E-state index in [4.69, 9.17) is 0 Å². The van der Waals surface area contributed by atoms with Gasteiger partial charge in [0.1, 0.15) is 6.54 Å². The summed E-state index contributed by atoms with van der Waals surface area (Å²) in [4.78, 5) is 14.7. The Morgan fingerprint density at radius 2 is 1.89 bits per heavy atom. The molecular formula is C23H36N4O. The molecule has 0 aromatic carbocycles. The van der Waals surface area contributed by atoms with Crippen LogP contribution in [0.2, 0.25) is 0 Å².